The molecule has 0 aliphatic carbocycles. The molecule has 1 amide bonds. The van der Waals surface area contributed by atoms with Gasteiger partial charge in [0.1, 0.15) is 5.75 Å². The number of rotatable bonds is 6. The van der Waals surface area contributed by atoms with Crippen LogP contribution < -0.4 is 4.74 Å². The van der Waals surface area contributed by atoms with E-state index in [1.54, 1.807) is 13.3 Å². The van der Waals surface area contributed by atoms with E-state index in [-0.39, 0.29) is 17.6 Å². The van der Waals surface area contributed by atoms with Crippen molar-refractivity contribution in [3.8, 4) is 5.75 Å². The molecule has 2 aromatic carbocycles. The molecule has 1 N–H and O–H groups in total. The van der Waals surface area contributed by atoms with Gasteiger partial charge in [-0.1, -0.05) is 18.2 Å². The quantitative estimate of drug-likeness (QED) is 0.651. The van der Waals surface area contributed by atoms with E-state index < -0.39 is 0 Å². The first kappa shape index (κ1) is 19.2. The molecule has 1 atom stereocenters. The average molecular weight is 391 g/mol. The van der Waals surface area contributed by atoms with Crippen LogP contribution in [-0.4, -0.2) is 47.0 Å². The molecule has 3 aromatic rings. The zero-order chi connectivity index (χ0) is 20.2. The Hall–Kier alpha value is -3.15. The van der Waals surface area contributed by atoms with E-state index in [9.17, 15) is 9.59 Å². The average Bonchev–Trinajstić information content (AvgIpc) is 3.30. The lowest BCUT2D eigenvalue weighted by molar-refractivity contribution is -0.132. The number of benzene rings is 2. The van der Waals surface area contributed by atoms with Crippen molar-refractivity contribution in [3.05, 3.63) is 59.9 Å². The number of likely N-dealkylation sites (tertiary alicyclic amines) is 1. The van der Waals surface area contributed by atoms with Crippen molar-refractivity contribution >= 4 is 22.5 Å². The zero-order valence-corrected chi connectivity index (χ0v) is 16.6. The van der Waals surface area contributed by atoms with Crippen molar-refractivity contribution in [2.45, 2.75) is 25.7 Å². The number of fused-ring (bicyclic) bond motifs is 1. The van der Waals surface area contributed by atoms with Gasteiger partial charge in [-0.25, -0.2) is 0 Å². The number of methoxy groups -OCH3 is 1. The molecule has 0 bridgehead atoms. The maximum atomic E-state index is 13.1. The molecule has 4 rings (SSSR count). The highest BCUT2D eigenvalue weighted by Crippen LogP contribution is 2.26. The monoisotopic (exact) mass is 391 g/mol. The summed E-state index contributed by atoms with van der Waals surface area (Å²) in [4.78, 5) is 27.6. The van der Waals surface area contributed by atoms with Gasteiger partial charge in [-0.2, -0.15) is 5.10 Å². The molecule has 2 heterocycles. The van der Waals surface area contributed by atoms with Gasteiger partial charge in [0.25, 0.3) is 0 Å². The minimum absolute atomic E-state index is 0.106. The molecule has 1 aromatic heterocycles. The van der Waals surface area contributed by atoms with Crippen LogP contribution in [0.2, 0.25) is 0 Å². The molecule has 29 heavy (non-hydrogen) atoms. The van der Waals surface area contributed by atoms with Crippen LogP contribution in [0.25, 0.3) is 10.8 Å². The third-order valence-electron chi connectivity index (χ3n) is 5.66. The fourth-order valence-corrected chi connectivity index (χ4v) is 3.98. The van der Waals surface area contributed by atoms with Crippen molar-refractivity contribution in [1.29, 1.82) is 0 Å². The Bertz CT molecular complexity index is 1010. The molecule has 0 unspecified atom stereocenters. The Kier molecular flexibility index (Phi) is 5.60. The number of carbonyl (C=O) groups is 2. The number of aromatic amines is 1. The van der Waals surface area contributed by atoms with Crippen LogP contribution in [-0.2, 0) is 11.2 Å². The van der Waals surface area contributed by atoms with E-state index in [0.29, 0.717) is 24.9 Å². The summed E-state index contributed by atoms with van der Waals surface area (Å²) in [6, 6.07) is 11.6. The van der Waals surface area contributed by atoms with Crippen LogP contribution in [0.15, 0.2) is 48.8 Å². The fraction of sp³-hybridized carbons (Fsp3) is 0.348. The second-order valence-corrected chi connectivity index (χ2v) is 7.58. The summed E-state index contributed by atoms with van der Waals surface area (Å²) >= 11 is 0. The fourth-order valence-electron chi connectivity index (χ4n) is 3.98. The standard InChI is InChI=1S/C23H25N3O3/c1-29-21-8-7-17-11-19(6-5-18(17)12-21)23(28)20-3-2-10-26(15-20)22(27)9-4-16-13-24-25-14-16/h5-8,11-14,20H,2-4,9-10,15H2,1H3,(H,24,25)/t20-/m1/s1. The molecule has 0 spiro atoms. The molecule has 6 nitrogen and oxygen atoms in total. The maximum Gasteiger partial charge on any atom is 0.222 e. The molecule has 0 radical (unpaired) electrons. The van der Waals surface area contributed by atoms with E-state index in [1.807, 2.05) is 47.5 Å². The second kappa shape index (κ2) is 8.47. The molecule has 1 aliphatic rings. The van der Waals surface area contributed by atoms with Gasteiger partial charge >= 0.3 is 0 Å². The normalized spacial score (nSPS) is 16.7. The van der Waals surface area contributed by atoms with Gasteiger partial charge in [-0.15, -0.1) is 0 Å². The van der Waals surface area contributed by atoms with E-state index in [2.05, 4.69) is 10.2 Å². The number of hydrogen-bond acceptors (Lipinski definition) is 4. The number of nitrogens with one attached hydrogen (secondary N) is 1. The lowest BCUT2D eigenvalue weighted by Gasteiger charge is -2.32. The van der Waals surface area contributed by atoms with Gasteiger partial charge in [-0.05, 0) is 53.8 Å². The first-order chi connectivity index (χ1) is 14.1. The summed E-state index contributed by atoms with van der Waals surface area (Å²) in [7, 11) is 1.64. The van der Waals surface area contributed by atoms with Gasteiger partial charge in [0.2, 0.25) is 5.91 Å². The molecular formula is C23H25N3O3. The van der Waals surface area contributed by atoms with E-state index in [4.69, 9.17) is 4.74 Å². The van der Waals surface area contributed by atoms with Gasteiger partial charge in [-0.3, -0.25) is 14.7 Å². The highest BCUT2D eigenvalue weighted by molar-refractivity contribution is 6.01. The summed E-state index contributed by atoms with van der Waals surface area (Å²) in [6.07, 6.45) is 6.34. The summed E-state index contributed by atoms with van der Waals surface area (Å²) in [5, 5.41) is 8.73. The van der Waals surface area contributed by atoms with Crippen LogP contribution in [0, 0.1) is 5.92 Å². The van der Waals surface area contributed by atoms with Crippen molar-refractivity contribution < 1.29 is 14.3 Å². The number of ketones is 1. The van der Waals surface area contributed by atoms with Crippen LogP contribution >= 0.6 is 0 Å². The number of carbonyl (C=O) groups excluding carboxylic acids is 2. The Morgan fingerprint density at radius 3 is 2.83 bits per heavy atom. The Morgan fingerprint density at radius 2 is 2.03 bits per heavy atom. The number of aromatic nitrogens is 2. The Balaban J connectivity index is 1.42. The van der Waals surface area contributed by atoms with Crippen LogP contribution in [0.1, 0.15) is 35.2 Å². The van der Waals surface area contributed by atoms with Crippen LogP contribution in [0.3, 0.4) is 0 Å². The smallest absolute Gasteiger partial charge is 0.222 e. The minimum Gasteiger partial charge on any atom is -0.497 e. The summed E-state index contributed by atoms with van der Waals surface area (Å²) < 4.78 is 5.26. The number of nitrogens with zero attached hydrogens (tertiary/aromatic N) is 2. The highest BCUT2D eigenvalue weighted by atomic mass is 16.5. The summed E-state index contributed by atoms with van der Waals surface area (Å²) in [6.45, 7) is 1.23. The summed E-state index contributed by atoms with van der Waals surface area (Å²) in [5.74, 6) is 0.884. The molecule has 6 heteroatoms. The number of aryl methyl sites for hydroxylation is 1. The molecule has 1 fully saturated rings. The lowest BCUT2D eigenvalue weighted by Crippen LogP contribution is -2.42. The second-order valence-electron chi connectivity index (χ2n) is 7.58. The Morgan fingerprint density at radius 1 is 1.21 bits per heavy atom. The first-order valence-electron chi connectivity index (χ1n) is 10.0. The van der Waals surface area contributed by atoms with Crippen LogP contribution in [0.4, 0.5) is 0 Å². The van der Waals surface area contributed by atoms with E-state index in [0.717, 1.165) is 41.5 Å². The zero-order valence-electron chi connectivity index (χ0n) is 16.6. The number of piperidine rings is 1. The van der Waals surface area contributed by atoms with Gasteiger partial charge in [0.05, 0.1) is 13.3 Å². The van der Waals surface area contributed by atoms with Crippen molar-refractivity contribution in [3.63, 3.8) is 0 Å². The molecular weight excluding hydrogens is 366 g/mol. The predicted molar refractivity (Wildman–Crippen MR) is 111 cm³/mol. The first-order valence-corrected chi connectivity index (χ1v) is 10.0. The molecule has 150 valence electrons. The van der Waals surface area contributed by atoms with E-state index in [1.165, 1.54) is 0 Å². The third kappa shape index (κ3) is 4.31. The molecule has 1 aliphatic heterocycles. The number of Topliss-reactive ketones (excluding diaryl/α,β-unsaturated/α-hetero) is 1. The minimum atomic E-state index is -0.141. The SMILES string of the molecule is COc1ccc2cc(C(=O)[C@@H]3CCCN(C(=O)CCc4cn[nH]c4)C3)ccc2c1. The summed E-state index contributed by atoms with van der Waals surface area (Å²) in [5.41, 5.74) is 1.73. The number of amides is 1. The maximum absolute atomic E-state index is 13.1. The highest BCUT2D eigenvalue weighted by Gasteiger charge is 2.29. The van der Waals surface area contributed by atoms with Crippen molar-refractivity contribution in [2.75, 3.05) is 20.2 Å². The lowest BCUT2D eigenvalue weighted by atomic mass is 9.89. The third-order valence-corrected chi connectivity index (χ3v) is 5.66. The molecule has 1 saturated heterocycles. The topological polar surface area (TPSA) is 75.3 Å². The van der Waals surface area contributed by atoms with Gasteiger partial charge in [0.15, 0.2) is 5.78 Å². The largest absolute Gasteiger partial charge is 0.497 e. The van der Waals surface area contributed by atoms with Crippen molar-refractivity contribution in [2.24, 2.45) is 5.92 Å². The van der Waals surface area contributed by atoms with Crippen molar-refractivity contribution in [1.82, 2.24) is 15.1 Å². The Labute approximate surface area is 169 Å². The molecule has 0 saturated carbocycles. The number of H-pyrrole nitrogens is 1. The predicted octanol–water partition coefficient (Wildman–Crippen LogP) is 3.63. The number of hydrogen-bond donors (Lipinski definition) is 1. The van der Waals surface area contributed by atoms with Gasteiger partial charge < -0.3 is 9.64 Å². The van der Waals surface area contributed by atoms with Gasteiger partial charge in [0, 0.05) is 37.2 Å². The van der Waals surface area contributed by atoms with E-state index >= 15 is 0 Å². The number of ether oxygens (including phenoxy) is 1. The van der Waals surface area contributed by atoms with Crippen LogP contribution in [0.5, 0.6) is 5.75 Å².